The van der Waals surface area contributed by atoms with Crippen molar-refractivity contribution in [3.05, 3.63) is 43.0 Å². The maximum Gasteiger partial charge on any atom is 0.286 e. The highest BCUT2D eigenvalue weighted by Gasteiger charge is 2.15. The molecule has 0 heterocycles. The molecule has 0 bridgehead atoms. The molecule has 0 aliphatic rings. The van der Waals surface area contributed by atoms with E-state index in [1.54, 1.807) is 0 Å². The Morgan fingerprint density at radius 1 is 1.64 bits per heavy atom. The molecule has 72 valence electrons. The summed E-state index contributed by atoms with van der Waals surface area (Å²) < 4.78 is 13.0. The van der Waals surface area contributed by atoms with E-state index in [2.05, 4.69) is 26.0 Å². The summed E-state index contributed by atoms with van der Waals surface area (Å²) in [5.41, 5.74) is 7.35. The van der Waals surface area contributed by atoms with Crippen LogP contribution in [0, 0.1) is 15.9 Å². The second kappa shape index (κ2) is 4.03. The summed E-state index contributed by atoms with van der Waals surface area (Å²) >= 11 is 2.86. The van der Waals surface area contributed by atoms with Crippen molar-refractivity contribution in [3.8, 4) is 0 Å². The minimum Gasteiger partial charge on any atom is -0.258 e. The molecule has 0 aromatic heterocycles. The van der Waals surface area contributed by atoms with Gasteiger partial charge in [0.05, 0.1) is 21.1 Å². The maximum absolute atomic E-state index is 13.0. The number of hydrogen-bond donors (Lipinski definition) is 0. The van der Waals surface area contributed by atoms with Crippen LogP contribution >= 0.6 is 15.9 Å². The Morgan fingerprint density at radius 2 is 2.29 bits per heavy atom. The Bertz CT molecular complexity index is 416. The summed E-state index contributed by atoms with van der Waals surface area (Å²) in [4.78, 5) is 12.0. The van der Waals surface area contributed by atoms with Crippen molar-refractivity contribution in [1.29, 1.82) is 0 Å². The van der Waals surface area contributed by atoms with Gasteiger partial charge in [-0.05, 0) is 27.5 Å². The minimum atomic E-state index is -0.933. The molecule has 0 saturated carbocycles. The van der Waals surface area contributed by atoms with Gasteiger partial charge in [0, 0.05) is 4.91 Å². The van der Waals surface area contributed by atoms with Gasteiger partial charge in [0.25, 0.3) is 5.69 Å². The van der Waals surface area contributed by atoms with Crippen LogP contribution in [0.3, 0.4) is 0 Å². The number of hydrogen-bond acceptors (Lipinski definition) is 3. The highest BCUT2D eigenvalue weighted by molar-refractivity contribution is 9.10. The molecule has 1 rings (SSSR count). The summed E-state index contributed by atoms with van der Waals surface area (Å²) in [6.07, 6.45) is 0. The molecule has 0 aliphatic heterocycles. The van der Waals surface area contributed by atoms with E-state index >= 15 is 0 Å². The third kappa shape index (κ3) is 1.98. The third-order valence-electron chi connectivity index (χ3n) is 1.37. The molecule has 0 saturated heterocycles. The van der Waals surface area contributed by atoms with Crippen LogP contribution in [0.5, 0.6) is 0 Å². The highest BCUT2D eigenvalue weighted by atomic mass is 79.9. The number of rotatable bonds is 2. The first-order valence-electron chi connectivity index (χ1n) is 3.25. The Labute approximate surface area is 85.3 Å². The molecular formula is C6H2BrFN4O2. The standard InChI is InChI=1S/C6H2BrFN4O2/c7-3-1-5(10-11-9)4(8)2-6(3)12(13)14/h1-2H. The fourth-order valence-corrected chi connectivity index (χ4v) is 1.27. The highest BCUT2D eigenvalue weighted by Crippen LogP contribution is 2.31. The molecule has 6 nitrogen and oxygen atoms in total. The Balaban J connectivity index is 3.37. The van der Waals surface area contributed by atoms with Gasteiger partial charge in [-0.15, -0.1) is 0 Å². The van der Waals surface area contributed by atoms with E-state index in [-0.39, 0.29) is 10.2 Å². The summed E-state index contributed by atoms with van der Waals surface area (Å²) in [5.74, 6) is -0.933. The van der Waals surface area contributed by atoms with Crippen molar-refractivity contribution in [2.75, 3.05) is 0 Å². The summed E-state index contributed by atoms with van der Waals surface area (Å²) in [7, 11) is 0. The molecule has 1 aromatic rings. The molecule has 0 amide bonds. The monoisotopic (exact) mass is 260 g/mol. The molecule has 0 aliphatic carbocycles. The predicted octanol–water partition coefficient (Wildman–Crippen LogP) is 3.44. The smallest absolute Gasteiger partial charge is 0.258 e. The second-order valence-electron chi connectivity index (χ2n) is 2.20. The number of halogens is 2. The van der Waals surface area contributed by atoms with Crippen LogP contribution in [-0.2, 0) is 0 Å². The van der Waals surface area contributed by atoms with E-state index in [4.69, 9.17) is 5.53 Å². The average molecular weight is 261 g/mol. The third-order valence-corrected chi connectivity index (χ3v) is 2.00. The lowest BCUT2D eigenvalue weighted by Gasteiger charge is -1.98. The van der Waals surface area contributed by atoms with Crippen LogP contribution in [-0.4, -0.2) is 4.92 Å². The molecule has 0 spiro atoms. The zero-order valence-corrected chi connectivity index (χ0v) is 8.10. The second-order valence-corrected chi connectivity index (χ2v) is 3.06. The van der Waals surface area contributed by atoms with Gasteiger partial charge >= 0.3 is 0 Å². The zero-order chi connectivity index (χ0) is 10.7. The summed E-state index contributed by atoms with van der Waals surface area (Å²) in [6.45, 7) is 0. The Kier molecular flexibility index (Phi) is 3.00. The number of benzene rings is 1. The van der Waals surface area contributed by atoms with Crippen LogP contribution in [0.4, 0.5) is 15.8 Å². The lowest BCUT2D eigenvalue weighted by atomic mass is 10.3. The largest absolute Gasteiger partial charge is 0.286 e. The fourth-order valence-electron chi connectivity index (χ4n) is 0.791. The lowest BCUT2D eigenvalue weighted by molar-refractivity contribution is -0.385. The van der Waals surface area contributed by atoms with Gasteiger partial charge in [-0.3, -0.25) is 10.1 Å². The summed E-state index contributed by atoms with van der Waals surface area (Å²) in [6, 6.07) is 1.74. The van der Waals surface area contributed by atoms with Gasteiger partial charge in [-0.1, -0.05) is 5.11 Å². The molecule has 14 heavy (non-hydrogen) atoms. The number of nitro benzene ring substituents is 1. The van der Waals surface area contributed by atoms with Gasteiger partial charge < -0.3 is 0 Å². The Morgan fingerprint density at radius 3 is 2.79 bits per heavy atom. The van der Waals surface area contributed by atoms with Crippen LogP contribution < -0.4 is 0 Å². The number of nitrogens with zero attached hydrogens (tertiary/aromatic N) is 4. The van der Waals surface area contributed by atoms with Crippen LogP contribution in [0.25, 0.3) is 10.4 Å². The van der Waals surface area contributed by atoms with Crippen molar-refractivity contribution >= 4 is 27.3 Å². The van der Waals surface area contributed by atoms with E-state index in [1.807, 2.05) is 0 Å². The van der Waals surface area contributed by atoms with Crippen LogP contribution in [0.1, 0.15) is 0 Å². The zero-order valence-electron chi connectivity index (χ0n) is 6.52. The molecule has 8 heteroatoms. The van der Waals surface area contributed by atoms with Gasteiger partial charge in [0.2, 0.25) is 0 Å². The minimum absolute atomic E-state index is 0.0614. The molecule has 0 unspecified atom stereocenters. The molecule has 1 aromatic carbocycles. The molecular weight excluding hydrogens is 259 g/mol. The van der Waals surface area contributed by atoms with Crippen molar-refractivity contribution in [2.45, 2.75) is 0 Å². The first-order chi connectivity index (χ1) is 6.56. The van der Waals surface area contributed by atoms with E-state index in [1.165, 1.54) is 0 Å². The van der Waals surface area contributed by atoms with Crippen molar-refractivity contribution in [3.63, 3.8) is 0 Å². The van der Waals surface area contributed by atoms with Crippen molar-refractivity contribution in [1.82, 2.24) is 0 Å². The van der Waals surface area contributed by atoms with Crippen LogP contribution in [0.15, 0.2) is 21.7 Å². The number of nitro groups is 1. The maximum atomic E-state index is 13.0. The van der Waals surface area contributed by atoms with E-state index in [9.17, 15) is 14.5 Å². The topological polar surface area (TPSA) is 91.9 Å². The first-order valence-corrected chi connectivity index (χ1v) is 4.04. The molecule has 0 N–H and O–H groups in total. The van der Waals surface area contributed by atoms with E-state index in [0.717, 1.165) is 6.07 Å². The normalized spacial score (nSPS) is 9.29. The number of azide groups is 1. The lowest BCUT2D eigenvalue weighted by Crippen LogP contribution is -1.90. The SMILES string of the molecule is [N-]=[N+]=Nc1cc(Br)c([N+](=O)[O-])cc1F. The Hall–Kier alpha value is -1.66. The first kappa shape index (κ1) is 10.4. The fraction of sp³-hybridized carbons (Fsp3) is 0. The van der Waals surface area contributed by atoms with Gasteiger partial charge in [-0.25, -0.2) is 4.39 Å². The molecule has 0 atom stereocenters. The predicted molar refractivity (Wildman–Crippen MR) is 49.6 cm³/mol. The van der Waals surface area contributed by atoms with E-state index in [0.29, 0.717) is 6.07 Å². The molecule has 0 radical (unpaired) electrons. The van der Waals surface area contributed by atoms with Crippen molar-refractivity contribution < 1.29 is 9.31 Å². The average Bonchev–Trinajstić information content (AvgIpc) is 2.10. The van der Waals surface area contributed by atoms with E-state index < -0.39 is 16.4 Å². The van der Waals surface area contributed by atoms with Crippen LogP contribution in [0.2, 0.25) is 0 Å². The summed E-state index contributed by atoms with van der Waals surface area (Å²) in [5, 5.41) is 13.4. The van der Waals surface area contributed by atoms with Crippen molar-refractivity contribution in [2.24, 2.45) is 5.11 Å². The van der Waals surface area contributed by atoms with Gasteiger partial charge in [-0.2, -0.15) is 0 Å². The van der Waals surface area contributed by atoms with Gasteiger partial charge in [0.15, 0.2) is 0 Å². The quantitative estimate of drug-likeness (QED) is 0.268. The van der Waals surface area contributed by atoms with Gasteiger partial charge in [0.1, 0.15) is 5.82 Å². The molecule has 0 fully saturated rings.